The second-order valence-electron chi connectivity index (χ2n) is 4.05. The van der Waals surface area contributed by atoms with E-state index < -0.39 is 17.6 Å². The molecule has 1 aromatic carbocycles. The molecule has 0 radical (unpaired) electrons. The van der Waals surface area contributed by atoms with E-state index in [1.807, 2.05) is 0 Å². The first-order chi connectivity index (χ1) is 9.86. The Labute approximate surface area is 137 Å². The number of halogens is 4. The van der Waals surface area contributed by atoms with Gasteiger partial charge >= 0.3 is 0 Å². The quantitative estimate of drug-likeness (QED) is 0.465. The van der Waals surface area contributed by atoms with Crippen LogP contribution in [0.5, 0.6) is 0 Å². The molecule has 0 fully saturated rings. The molecule has 0 spiro atoms. The number of carbonyl (C=O) groups excluding carboxylic acids is 2. The standard InChI is InChI=1S/C12H8BrCl2FN2O3/c13-9-6(3-5(14)11(16)10(9)15)17-7-4-8(20)18(1-2-19)12(7)21/h3-4,17,19H,1-2H2. The van der Waals surface area contributed by atoms with Gasteiger partial charge in [-0.05, 0) is 22.0 Å². The molecule has 0 aromatic heterocycles. The highest BCUT2D eigenvalue weighted by Gasteiger charge is 2.31. The molecule has 9 heteroatoms. The van der Waals surface area contributed by atoms with Crippen molar-refractivity contribution < 1.29 is 19.1 Å². The van der Waals surface area contributed by atoms with Gasteiger partial charge in [-0.3, -0.25) is 14.5 Å². The molecular formula is C12H8BrCl2FN2O3. The van der Waals surface area contributed by atoms with Crippen LogP contribution in [0.25, 0.3) is 0 Å². The minimum Gasteiger partial charge on any atom is -0.395 e. The van der Waals surface area contributed by atoms with Gasteiger partial charge in [0.15, 0.2) is 5.82 Å². The molecule has 1 aliphatic heterocycles. The Kier molecular flexibility index (Phi) is 4.88. The van der Waals surface area contributed by atoms with Crippen LogP contribution in [0.2, 0.25) is 10.0 Å². The first kappa shape index (κ1) is 16.2. The van der Waals surface area contributed by atoms with Crippen LogP contribution in [0.4, 0.5) is 10.1 Å². The van der Waals surface area contributed by atoms with Crippen molar-refractivity contribution in [2.24, 2.45) is 0 Å². The summed E-state index contributed by atoms with van der Waals surface area (Å²) >= 11 is 14.5. The maximum absolute atomic E-state index is 13.5. The highest BCUT2D eigenvalue weighted by Crippen LogP contribution is 2.37. The summed E-state index contributed by atoms with van der Waals surface area (Å²) < 4.78 is 13.7. The lowest BCUT2D eigenvalue weighted by molar-refractivity contribution is -0.137. The van der Waals surface area contributed by atoms with Crippen LogP contribution in [0.1, 0.15) is 0 Å². The fourth-order valence-corrected chi connectivity index (χ4v) is 2.56. The zero-order valence-corrected chi connectivity index (χ0v) is 13.4. The van der Waals surface area contributed by atoms with Crippen LogP contribution in [-0.2, 0) is 9.59 Å². The monoisotopic (exact) mass is 396 g/mol. The zero-order chi connectivity index (χ0) is 15.7. The third-order valence-corrected chi connectivity index (χ3v) is 4.39. The molecule has 2 N–H and O–H groups in total. The molecule has 5 nitrogen and oxygen atoms in total. The minimum absolute atomic E-state index is 0.0205. The van der Waals surface area contributed by atoms with Crippen molar-refractivity contribution in [2.75, 3.05) is 18.5 Å². The van der Waals surface area contributed by atoms with Crippen LogP contribution in [0.3, 0.4) is 0 Å². The lowest BCUT2D eigenvalue weighted by atomic mass is 10.3. The summed E-state index contributed by atoms with van der Waals surface area (Å²) in [6, 6.07) is 1.24. The van der Waals surface area contributed by atoms with E-state index in [-0.39, 0.29) is 39.1 Å². The van der Waals surface area contributed by atoms with Gasteiger partial charge in [0.05, 0.1) is 33.4 Å². The van der Waals surface area contributed by atoms with E-state index >= 15 is 0 Å². The third-order valence-electron chi connectivity index (χ3n) is 2.70. The molecule has 1 aliphatic rings. The van der Waals surface area contributed by atoms with Crippen molar-refractivity contribution in [2.45, 2.75) is 0 Å². The number of amides is 2. The zero-order valence-electron chi connectivity index (χ0n) is 10.3. The Hall–Kier alpha value is -1.15. The number of hydrogen-bond acceptors (Lipinski definition) is 4. The van der Waals surface area contributed by atoms with Gasteiger partial charge in [-0.15, -0.1) is 0 Å². The molecular weight excluding hydrogens is 390 g/mol. The summed E-state index contributed by atoms with van der Waals surface area (Å²) in [7, 11) is 0. The number of aliphatic hydroxyl groups is 1. The summed E-state index contributed by atoms with van der Waals surface area (Å²) in [5.74, 6) is -1.94. The van der Waals surface area contributed by atoms with Crippen molar-refractivity contribution in [3.05, 3.63) is 38.2 Å². The highest BCUT2D eigenvalue weighted by molar-refractivity contribution is 9.10. The molecule has 1 heterocycles. The van der Waals surface area contributed by atoms with Crippen molar-refractivity contribution in [1.29, 1.82) is 0 Å². The van der Waals surface area contributed by atoms with Crippen molar-refractivity contribution in [3.63, 3.8) is 0 Å². The summed E-state index contributed by atoms with van der Waals surface area (Å²) in [6.07, 6.45) is 1.08. The molecule has 21 heavy (non-hydrogen) atoms. The number of nitrogens with zero attached hydrogens (tertiary/aromatic N) is 1. The van der Waals surface area contributed by atoms with Crippen LogP contribution >= 0.6 is 39.1 Å². The van der Waals surface area contributed by atoms with Gasteiger partial charge in [-0.1, -0.05) is 23.2 Å². The first-order valence-corrected chi connectivity index (χ1v) is 7.20. The third kappa shape index (κ3) is 3.06. The topological polar surface area (TPSA) is 69.6 Å². The lowest BCUT2D eigenvalue weighted by Gasteiger charge is -2.14. The van der Waals surface area contributed by atoms with E-state index in [0.717, 1.165) is 11.0 Å². The molecule has 112 valence electrons. The number of anilines is 1. The number of hydrogen-bond donors (Lipinski definition) is 2. The molecule has 2 rings (SSSR count). The minimum atomic E-state index is -0.791. The predicted octanol–water partition coefficient (Wildman–Crippen LogP) is 2.55. The van der Waals surface area contributed by atoms with E-state index in [9.17, 15) is 14.0 Å². The predicted molar refractivity (Wildman–Crippen MR) is 79.6 cm³/mol. The molecule has 0 bridgehead atoms. The van der Waals surface area contributed by atoms with E-state index in [1.165, 1.54) is 6.07 Å². The summed E-state index contributed by atoms with van der Waals surface area (Å²) in [4.78, 5) is 24.4. The average Bonchev–Trinajstić information content (AvgIpc) is 2.70. The molecule has 0 unspecified atom stereocenters. The van der Waals surface area contributed by atoms with Crippen molar-refractivity contribution in [3.8, 4) is 0 Å². The number of nitrogens with one attached hydrogen (secondary N) is 1. The number of carbonyl (C=O) groups is 2. The van der Waals surface area contributed by atoms with Crippen LogP contribution in [-0.4, -0.2) is 35.0 Å². The fraction of sp³-hybridized carbons (Fsp3) is 0.167. The Morgan fingerprint density at radius 2 is 2.05 bits per heavy atom. The maximum atomic E-state index is 13.5. The van der Waals surface area contributed by atoms with Gasteiger partial charge in [0.1, 0.15) is 5.70 Å². The van der Waals surface area contributed by atoms with E-state index in [0.29, 0.717) is 0 Å². The molecule has 0 saturated heterocycles. The summed E-state index contributed by atoms with van der Waals surface area (Å²) in [5, 5.41) is 11.0. The van der Waals surface area contributed by atoms with E-state index in [2.05, 4.69) is 21.2 Å². The van der Waals surface area contributed by atoms with Gasteiger partial charge in [0.25, 0.3) is 11.8 Å². The van der Waals surface area contributed by atoms with Crippen LogP contribution in [0, 0.1) is 5.82 Å². The van der Waals surface area contributed by atoms with E-state index in [1.54, 1.807) is 0 Å². The van der Waals surface area contributed by atoms with Gasteiger partial charge in [-0.2, -0.15) is 0 Å². The second kappa shape index (κ2) is 6.31. The number of benzene rings is 1. The van der Waals surface area contributed by atoms with Gasteiger partial charge in [-0.25, -0.2) is 4.39 Å². The van der Waals surface area contributed by atoms with Gasteiger partial charge in [0.2, 0.25) is 0 Å². The van der Waals surface area contributed by atoms with Gasteiger partial charge < -0.3 is 10.4 Å². The molecule has 0 atom stereocenters. The van der Waals surface area contributed by atoms with Crippen molar-refractivity contribution >= 4 is 56.6 Å². The van der Waals surface area contributed by atoms with E-state index in [4.69, 9.17) is 28.3 Å². The number of rotatable bonds is 4. The Morgan fingerprint density at radius 3 is 2.67 bits per heavy atom. The second-order valence-corrected chi connectivity index (χ2v) is 5.63. The van der Waals surface area contributed by atoms with Crippen LogP contribution in [0.15, 0.2) is 22.3 Å². The Bertz CT molecular complexity index is 666. The molecule has 0 saturated carbocycles. The van der Waals surface area contributed by atoms with Crippen molar-refractivity contribution in [1.82, 2.24) is 4.90 Å². The largest absolute Gasteiger partial charge is 0.395 e. The SMILES string of the molecule is O=C1C=C(Nc2cc(Cl)c(F)c(Cl)c2Br)C(=O)N1CCO. The molecule has 1 aromatic rings. The average molecular weight is 398 g/mol. The summed E-state index contributed by atoms with van der Waals surface area (Å²) in [5.41, 5.74) is 0.220. The normalized spacial score (nSPS) is 14.7. The fourth-order valence-electron chi connectivity index (χ4n) is 1.72. The molecule has 0 aliphatic carbocycles. The summed E-state index contributed by atoms with van der Waals surface area (Å²) in [6.45, 7) is -0.443. The highest BCUT2D eigenvalue weighted by atomic mass is 79.9. The lowest BCUT2D eigenvalue weighted by Crippen LogP contribution is -2.34. The maximum Gasteiger partial charge on any atom is 0.277 e. The first-order valence-electron chi connectivity index (χ1n) is 5.65. The van der Waals surface area contributed by atoms with Gasteiger partial charge in [0, 0.05) is 6.08 Å². The molecule has 2 amide bonds. The Balaban J connectivity index is 2.30. The number of aliphatic hydroxyl groups excluding tert-OH is 1. The number of β-amino-alcohol motifs (C(OH)–C–C–N with tert-alkyl or cyclic N) is 1. The Morgan fingerprint density at radius 1 is 1.38 bits per heavy atom. The van der Waals surface area contributed by atoms with Crippen LogP contribution < -0.4 is 5.32 Å². The smallest absolute Gasteiger partial charge is 0.277 e. The number of imide groups is 1.